The van der Waals surface area contributed by atoms with Crippen molar-refractivity contribution in [2.24, 2.45) is 0 Å². The average molecular weight is 673 g/mol. The second-order valence-electron chi connectivity index (χ2n) is 13.6. The summed E-state index contributed by atoms with van der Waals surface area (Å²) in [7, 11) is 0. The van der Waals surface area contributed by atoms with Crippen LogP contribution in [0.15, 0.2) is 103 Å². The van der Waals surface area contributed by atoms with E-state index < -0.39 is 11.8 Å². The molecule has 0 radical (unpaired) electrons. The van der Waals surface area contributed by atoms with Crippen LogP contribution in [0.25, 0.3) is 0 Å². The third-order valence-electron chi connectivity index (χ3n) is 10.6. The number of aliphatic hydroxyl groups is 1. The van der Waals surface area contributed by atoms with Gasteiger partial charge in [0, 0.05) is 37.3 Å². The van der Waals surface area contributed by atoms with Crippen LogP contribution >= 0.6 is 0 Å². The summed E-state index contributed by atoms with van der Waals surface area (Å²) >= 11 is 0. The number of hydrogen-bond donors (Lipinski definition) is 2. The number of piperidine rings is 1. The van der Waals surface area contributed by atoms with E-state index in [1.807, 2.05) is 66.7 Å². The summed E-state index contributed by atoms with van der Waals surface area (Å²) in [5.74, 6) is -0.464. The molecule has 3 fully saturated rings. The number of nitrogens with one attached hydrogen (secondary N) is 1. The van der Waals surface area contributed by atoms with Crippen molar-refractivity contribution in [2.75, 3.05) is 31.2 Å². The molecule has 256 valence electrons. The van der Waals surface area contributed by atoms with Crippen molar-refractivity contribution in [3.63, 3.8) is 0 Å². The van der Waals surface area contributed by atoms with Crippen LogP contribution in [0.5, 0.6) is 0 Å². The Morgan fingerprint density at radius 3 is 2.02 bits per heavy atom. The number of carbonyl (C=O) groups excluding carboxylic acids is 3. The molecule has 1 spiro atoms. The lowest BCUT2D eigenvalue weighted by atomic mass is 9.85. The van der Waals surface area contributed by atoms with Crippen molar-refractivity contribution in [3.05, 3.63) is 137 Å². The molecule has 8 rings (SSSR count). The number of ether oxygens (including phenoxy) is 2. The highest BCUT2D eigenvalue weighted by Gasteiger charge is 2.50. The summed E-state index contributed by atoms with van der Waals surface area (Å²) in [6.07, 6.45) is 1.11. The highest BCUT2D eigenvalue weighted by molar-refractivity contribution is 6.21. The van der Waals surface area contributed by atoms with Gasteiger partial charge in [0.25, 0.3) is 11.8 Å². The molecular weight excluding hydrogens is 632 g/mol. The molecule has 0 saturated carbocycles. The third kappa shape index (κ3) is 5.98. The molecule has 3 amide bonds. The van der Waals surface area contributed by atoms with Crippen molar-refractivity contribution in [3.8, 4) is 0 Å². The number of likely N-dealkylation sites (tertiary alicyclic amines) is 1. The van der Waals surface area contributed by atoms with Crippen molar-refractivity contribution in [1.82, 2.24) is 15.1 Å². The van der Waals surface area contributed by atoms with Gasteiger partial charge in [-0.1, -0.05) is 78.9 Å². The smallest absolute Gasteiger partial charge is 0.261 e. The summed E-state index contributed by atoms with van der Waals surface area (Å²) in [4.78, 5) is 45.0. The number of hydrogen-bond acceptors (Lipinski definition) is 8. The maximum Gasteiger partial charge on any atom is 0.261 e. The Morgan fingerprint density at radius 2 is 1.36 bits per heavy atom. The zero-order valence-corrected chi connectivity index (χ0v) is 27.7. The number of rotatable bonds is 8. The zero-order chi connectivity index (χ0) is 34.2. The molecular formula is C40H40N4O6. The summed E-state index contributed by atoms with van der Waals surface area (Å²) in [5, 5.41) is 12.7. The number of carbonyl (C=O) groups is 3. The minimum atomic E-state index is -0.630. The Morgan fingerprint density at radius 1 is 0.740 bits per heavy atom. The predicted molar refractivity (Wildman–Crippen MR) is 186 cm³/mol. The van der Waals surface area contributed by atoms with Gasteiger partial charge in [0.05, 0.1) is 43.2 Å². The Bertz CT molecular complexity index is 1840. The Balaban J connectivity index is 0.970. The number of aliphatic hydroxyl groups excluding tert-OH is 1. The average Bonchev–Trinajstić information content (AvgIpc) is 3.61. The molecule has 3 saturated heterocycles. The molecule has 4 aromatic carbocycles. The van der Waals surface area contributed by atoms with E-state index in [0.29, 0.717) is 30.8 Å². The first kappa shape index (κ1) is 32.3. The SMILES string of the molecule is O=C1c2ccccc2C(=O)N1Cc1ccc([C@H]2O[C@@H](CN3CCC4(CC3)C(=O)NCN4c3ccccc3)C[C@@H](c3ccc(CO)cc3)O2)cc1. The molecule has 4 aliphatic rings. The maximum absolute atomic E-state index is 13.2. The number of fused-ring (bicyclic) bond motifs is 1. The van der Waals surface area contributed by atoms with Gasteiger partial charge in [0.1, 0.15) is 5.54 Å². The molecule has 4 heterocycles. The van der Waals surface area contributed by atoms with E-state index >= 15 is 0 Å². The molecule has 50 heavy (non-hydrogen) atoms. The van der Waals surface area contributed by atoms with Gasteiger partial charge in [-0.05, 0) is 53.8 Å². The topological polar surface area (TPSA) is 112 Å². The largest absolute Gasteiger partial charge is 0.392 e. The van der Waals surface area contributed by atoms with Crippen LogP contribution in [-0.2, 0) is 27.4 Å². The van der Waals surface area contributed by atoms with Gasteiger partial charge in [0.2, 0.25) is 5.91 Å². The van der Waals surface area contributed by atoms with Gasteiger partial charge in [-0.15, -0.1) is 0 Å². The molecule has 0 aliphatic carbocycles. The van der Waals surface area contributed by atoms with Gasteiger partial charge in [-0.3, -0.25) is 19.3 Å². The lowest BCUT2D eigenvalue weighted by Crippen LogP contribution is -2.57. The summed E-state index contributed by atoms with van der Waals surface area (Å²) in [6, 6.07) is 32.6. The van der Waals surface area contributed by atoms with Crippen LogP contribution in [0.1, 0.15) is 74.6 Å². The fourth-order valence-corrected chi connectivity index (χ4v) is 7.80. The van der Waals surface area contributed by atoms with Gasteiger partial charge in [-0.2, -0.15) is 0 Å². The van der Waals surface area contributed by atoms with Crippen LogP contribution < -0.4 is 10.2 Å². The lowest BCUT2D eigenvalue weighted by molar-refractivity contribution is -0.253. The molecule has 10 nitrogen and oxygen atoms in total. The first-order valence-corrected chi connectivity index (χ1v) is 17.3. The molecule has 0 unspecified atom stereocenters. The van der Waals surface area contributed by atoms with Gasteiger partial charge in [0.15, 0.2) is 6.29 Å². The highest BCUT2D eigenvalue weighted by atomic mass is 16.7. The van der Waals surface area contributed by atoms with Crippen molar-refractivity contribution >= 4 is 23.4 Å². The number of benzene rings is 4. The Kier molecular flexibility index (Phi) is 8.70. The standard InChI is InChI=1S/C40H40N4O6/c45-25-28-12-14-29(15-13-28)35-22-32(24-42-20-18-40(19-21-42)39(48)41-26-44(40)31-6-2-1-3-7-31)49-38(50-35)30-16-10-27(11-17-30)23-43-36(46)33-8-4-5-9-34(33)37(43)47/h1-17,32,35,38,45H,18-26H2,(H,41,48)/t32-,35+,38+/m1/s1. The first-order chi connectivity index (χ1) is 24.4. The Labute approximate surface area is 291 Å². The zero-order valence-electron chi connectivity index (χ0n) is 27.7. The summed E-state index contributed by atoms with van der Waals surface area (Å²) < 4.78 is 13.2. The minimum Gasteiger partial charge on any atom is -0.392 e. The number of para-hydroxylation sites is 1. The van der Waals surface area contributed by atoms with Crippen LogP contribution in [-0.4, -0.2) is 70.6 Å². The van der Waals surface area contributed by atoms with Crippen LogP contribution in [0.3, 0.4) is 0 Å². The van der Waals surface area contributed by atoms with Crippen LogP contribution in [0.2, 0.25) is 0 Å². The fourth-order valence-electron chi connectivity index (χ4n) is 7.80. The van der Waals surface area contributed by atoms with E-state index in [-0.39, 0.29) is 43.1 Å². The number of imide groups is 1. The number of amides is 3. The summed E-state index contributed by atoms with van der Waals surface area (Å²) in [5.41, 5.74) is 4.90. The molecule has 2 N–H and O–H groups in total. The normalized spacial score (nSPS) is 23.4. The molecule has 10 heteroatoms. The Hall–Kier alpha value is -4.87. The van der Waals surface area contributed by atoms with Gasteiger partial charge in [-0.25, -0.2) is 0 Å². The quantitative estimate of drug-likeness (QED) is 0.253. The van der Waals surface area contributed by atoms with E-state index in [1.54, 1.807) is 24.3 Å². The van der Waals surface area contributed by atoms with E-state index in [4.69, 9.17) is 9.47 Å². The highest BCUT2D eigenvalue weighted by Crippen LogP contribution is 2.40. The van der Waals surface area contributed by atoms with Crippen LogP contribution in [0.4, 0.5) is 5.69 Å². The van der Waals surface area contributed by atoms with Crippen LogP contribution in [0, 0.1) is 0 Å². The number of anilines is 1. The van der Waals surface area contributed by atoms with Crippen molar-refractivity contribution in [1.29, 1.82) is 0 Å². The third-order valence-corrected chi connectivity index (χ3v) is 10.6. The monoisotopic (exact) mass is 672 g/mol. The predicted octanol–water partition coefficient (Wildman–Crippen LogP) is 4.95. The van der Waals surface area contributed by atoms with Crippen molar-refractivity contribution in [2.45, 2.75) is 56.5 Å². The summed E-state index contributed by atoms with van der Waals surface area (Å²) in [6.45, 7) is 2.91. The minimum absolute atomic E-state index is 0.0244. The van der Waals surface area contributed by atoms with E-state index in [0.717, 1.165) is 53.9 Å². The lowest BCUT2D eigenvalue weighted by Gasteiger charge is -2.45. The number of nitrogens with zero attached hydrogens (tertiary/aromatic N) is 3. The van der Waals surface area contributed by atoms with E-state index in [1.165, 1.54) is 4.90 Å². The molecule has 4 aromatic rings. The second kappa shape index (κ2) is 13.4. The molecule has 0 aromatic heterocycles. The van der Waals surface area contributed by atoms with Crippen molar-refractivity contribution < 1.29 is 29.0 Å². The molecule has 0 bridgehead atoms. The fraction of sp³-hybridized carbons (Fsp3) is 0.325. The second-order valence-corrected chi connectivity index (χ2v) is 13.6. The molecule has 4 aliphatic heterocycles. The van der Waals surface area contributed by atoms with E-state index in [2.05, 4.69) is 27.2 Å². The maximum atomic E-state index is 13.2. The molecule has 3 atom stereocenters. The van der Waals surface area contributed by atoms with Gasteiger partial charge >= 0.3 is 0 Å². The van der Waals surface area contributed by atoms with Gasteiger partial charge < -0.3 is 29.7 Å². The first-order valence-electron chi connectivity index (χ1n) is 17.3. The van der Waals surface area contributed by atoms with E-state index in [9.17, 15) is 19.5 Å².